The van der Waals surface area contributed by atoms with E-state index < -0.39 is 0 Å². The molecule has 0 aromatic heterocycles. The smallest absolute Gasteiger partial charge is 0.246 e. The highest BCUT2D eigenvalue weighted by molar-refractivity contribution is 8.38. The number of hydrogen-bond acceptors (Lipinski definition) is 4. The summed E-state index contributed by atoms with van der Waals surface area (Å²) >= 11 is 2.73. The van der Waals surface area contributed by atoms with Crippen LogP contribution in [0.25, 0.3) is 0 Å². The van der Waals surface area contributed by atoms with Crippen LogP contribution in [0.5, 0.6) is 0 Å². The van der Waals surface area contributed by atoms with E-state index in [0.717, 1.165) is 25.5 Å². The maximum Gasteiger partial charge on any atom is 0.246 e. The van der Waals surface area contributed by atoms with Crippen molar-refractivity contribution in [1.29, 1.82) is 0 Å². The maximum atomic E-state index is 12.2. The second-order valence-corrected chi connectivity index (χ2v) is 11.4. The number of carbonyl (C=O) groups excluding carboxylic acids is 2. The molecule has 5 atom stereocenters. The molecule has 146 valence electrons. The van der Waals surface area contributed by atoms with Crippen LogP contribution in [0.4, 0.5) is 4.79 Å². The molecule has 0 spiro atoms. The molecule has 0 N–H and O–H groups in total. The predicted octanol–water partition coefficient (Wildman–Crippen LogP) is 6.76. The molecular weight excluding hydrogens is 360 g/mol. The van der Waals surface area contributed by atoms with Crippen molar-refractivity contribution in [2.24, 2.45) is 29.1 Å². The number of thioether (sulfide) groups is 2. The van der Waals surface area contributed by atoms with E-state index in [-0.39, 0.29) is 26.4 Å². The number of allylic oxidation sites excluding steroid dienone is 2. The van der Waals surface area contributed by atoms with E-state index in [1.807, 2.05) is 13.2 Å². The van der Waals surface area contributed by atoms with Crippen LogP contribution in [-0.2, 0) is 4.79 Å². The van der Waals surface area contributed by atoms with Gasteiger partial charge in [0.05, 0.1) is 0 Å². The van der Waals surface area contributed by atoms with Crippen LogP contribution in [0.3, 0.4) is 0 Å². The quantitative estimate of drug-likeness (QED) is 0.381. The molecule has 0 heterocycles. The van der Waals surface area contributed by atoms with Crippen LogP contribution in [0, 0.1) is 29.1 Å². The summed E-state index contributed by atoms with van der Waals surface area (Å²) in [6.45, 7) is 15.5. The highest BCUT2D eigenvalue weighted by atomic mass is 32.2. The average Bonchev–Trinajstić information content (AvgIpc) is 3.05. The first-order valence-electron chi connectivity index (χ1n) is 9.72. The molecule has 0 aliphatic heterocycles. The van der Waals surface area contributed by atoms with Crippen molar-refractivity contribution in [3.63, 3.8) is 0 Å². The van der Waals surface area contributed by atoms with Gasteiger partial charge >= 0.3 is 0 Å². The topological polar surface area (TPSA) is 34.1 Å². The molecule has 26 heavy (non-hydrogen) atoms. The molecule has 0 aromatic carbocycles. The van der Waals surface area contributed by atoms with Crippen molar-refractivity contribution in [3.8, 4) is 0 Å². The number of hydrogen-bond donors (Lipinski definition) is 0. The fourth-order valence-corrected chi connectivity index (χ4v) is 6.62. The van der Waals surface area contributed by atoms with Gasteiger partial charge in [-0.3, -0.25) is 4.79 Å². The van der Waals surface area contributed by atoms with Crippen LogP contribution in [0.1, 0.15) is 60.3 Å². The summed E-state index contributed by atoms with van der Waals surface area (Å²) in [4.78, 5) is 23.7. The predicted molar refractivity (Wildman–Crippen MR) is 116 cm³/mol. The Morgan fingerprint density at radius 2 is 1.81 bits per heavy atom. The van der Waals surface area contributed by atoms with Gasteiger partial charge in [-0.25, -0.2) is 0 Å². The molecule has 0 radical (unpaired) electrons. The molecule has 0 saturated heterocycles. The monoisotopic (exact) mass is 394 g/mol. The Kier molecular flexibility index (Phi) is 6.93. The standard InChI is InChI=1S/C22H34O2S2/c1-14(2)17-8-10-21(5,16(17)4)12-19-18(15(3)13-23)9-11-22(19,6)26-20(24)25-7/h12-15,17-18H,4,8-11H2,1-3,5-7H3/b19-12+/t15-,17+,18-,21+,22+/m0/s1. The lowest BCUT2D eigenvalue weighted by molar-refractivity contribution is -0.111. The summed E-state index contributed by atoms with van der Waals surface area (Å²) in [5.74, 6) is 1.40. The van der Waals surface area contributed by atoms with E-state index in [0.29, 0.717) is 11.8 Å². The Balaban J connectivity index is 2.44. The van der Waals surface area contributed by atoms with Gasteiger partial charge in [0.25, 0.3) is 0 Å². The molecule has 0 aromatic rings. The minimum absolute atomic E-state index is 0.00720. The summed E-state index contributed by atoms with van der Waals surface area (Å²) in [6.07, 6.45) is 9.55. The van der Waals surface area contributed by atoms with Crippen LogP contribution in [0.2, 0.25) is 0 Å². The van der Waals surface area contributed by atoms with Crippen molar-refractivity contribution in [2.45, 2.75) is 65.0 Å². The molecule has 2 aliphatic carbocycles. The van der Waals surface area contributed by atoms with E-state index in [2.05, 4.69) is 40.3 Å². The largest absolute Gasteiger partial charge is 0.303 e. The second-order valence-electron chi connectivity index (χ2n) is 8.86. The zero-order chi connectivity index (χ0) is 19.7. The lowest BCUT2D eigenvalue weighted by Crippen LogP contribution is -2.26. The Labute approximate surface area is 168 Å². The van der Waals surface area contributed by atoms with Crippen molar-refractivity contribution in [3.05, 3.63) is 23.8 Å². The molecule has 4 heteroatoms. The first kappa shape index (κ1) is 21.8. The number of aldehydes is 1. The fraction of sp³-hybridized carbons (Fsp3) is 0.727. The van der Waals surface area contributed by atoms with Gasteiger partial charge in [0.15, 0.2) is 0 Å². The third kappa shape index (κ3) is 4.16. The summed E-state index contributed by atoms with van der Waals surface area (Å²) in [5.41, 5.74) is 2.60. The van der Waals surface area contributed by atoms with Crippen LogP contribution < -0.4 is 0 Å². The van der Waals surface area contributed by atoms with E-state index in [9.17, 15) is 9.59 Å². The average molecular weight is 395 g/mol. The van der Waals surface area contributed by atoms with Crippen molar-refractivity contribution < 1.29 is 9.59 Å². The zero-order valence-corrected chi connectivity index (χ0v) is 18.8. The molecule has 0 amide bonds. The van der Waals surface area contributed by atoms with Gasteiger partial charge in [-0.2, -0.15) is 0 Å². The van der Waals surface area contributed by atoms with Gasteiger partial charge in [-0.1, -0.05) is 75.0 Å². The Bertz CT molecular complexity index is 609. The minimum atomic E-state index is -0.207. The van der Waals surface area contributed by atoms with Crippen LogP contribution in [-0.4, -0.2) is 21.7 Å². The van der Waals surface area contributed by atoms with Gasteiger partial charge in [0.2, 0.25) is 4.45 Å². The van der Waals surface area contributed by atoms with Gasteiger partial charge < -0.3 is 4.79 Å². The first-order chi connectivity index (χ1) is 12.1. The highest BCUT2D eigenvalue weighted by Gasteiger charge is 2.47. The van der Waals surface area contributed by atoms with Gasteiger partial charge in [-0.15, -0.1) is 0 Å². The fourth-order valence-electron chi connectivity index (χ4n) is 4.82. The van der Waals surface area contributed by atoms with Gasteiger partial charge in [-0.05, 0) is 56.6 Å². The van der Waals surface area contributed by atoms with E-state index in [4.69, 9.17) is 0 Å². The van der Waals surface area contributed by atoms with Crippen LogP contribution >= 0.6 is 23.5 Å². The molecule has 2 rings (SSSR count). The second kappa shape index (κ2) is 8.26. The van der Waals surface area contributed by atoms with Crippen LogP contribution in [0.15, 0.2) is 23.8 Å². The lowest BCUT2D eigenvalue weighted by Gasteiger charge is -2.33. The Morgan fingerprint density at radius 1 is 1.19 bits per heavy atom. The molecule has 2 fully saturated rings. The van der Waals surface area contributed by atoms with Gasteiger partial charge in [0, 0.05) is 16.1 Å². The van der Waals surface area contributed by atoms with Gasteiger partial charge in [0.1, 0.15) is 6.29 Å². The molecule has 0 bridgehead atoms. The summed E-state index contributed by atoms with van der Waals surface area (Å²) in [5, 5.41) is 0. The number of rotatable bonds is 5. The summed E-state index contributed by atoms with van der Waals surface area (Å²) in [6, 6.07) is 0. The summed E-state index contributed by atoms with van der Waals surface area (Å²) < 4.78 is -0.0467. The third-order valence-corrected chi connectivity index (χ3v) is 8.84. The molecule has 2 nitrogen and oxygen atoms in total. The van der Waals surface area contributed by atoms with Crippen molar-refractivity contribution >= 4 is 34.3 Å². The molecule has 2 saturated carbocycles. The minimum Gasteiger partial charge on any atom is -0.303 e. The molecular formula is C22H34O2S2. The maximum absolute atomic E-state index is 12.2. The normalized spacial score (nSPS) is 37.5. The van der Waals surface area contributed by atoms with E-state index >= 15 is 0 Å². The summed E-state index contributed by atoms with van der Waals surface area (Å²) in [7, 11) is 0. The van der Waals surface area contributed by atoms with Crippen molar-refractivity contribution in [2.75, 3.05) is 6.26 Å². The Hall–Kier alpha value is -0.480. The van der Waals surface area contributed by atoms with Crippen molar-refractivity contribution in [1.82, 2.24) is 0 Å². The zero-order valence-electron chi connectivity index (χ0n) is 17.1. The third-order valence-electron chi connectivity index (χ3n) is 6.70. The molecule has 2 aliphatic rings. The lowest BCUT2D eigenvalue weighted by atomic mass is 9.76. The first-order valence-corrected chi connectivity index (χ1v) is 11.8. The highest BCUT2D eigenvalue weighted by Crippen LogP contribution is 2.56. The van der Waals surface area contributed by atoms with E-state index in [1.54, 1.807) is 0 Å². The Morgan fingerprint density at radius 3 is 2.31 bits per heavy atom. The SMILES string of the molecule is C=C1[C@@H](C(C)C)CC[C@]1(C)/C=C1\[C@H]([C@@H](C)C=O)CC[C@@]1(C)SC(=O)SC. The molecule has 0 unspecified atom stereocenters. The number of carbonyl (C=O) groups is 2. The van der Waals surface area contributed by atoms with E-state index in [1.165, 1.54) is 41.1 Å².